The van der Waals surface area contributed by atoms with E-state index in [9.17, 15) is 19.2 Å². The van der Waals surface area contributed by atoms with Gasteiger partial charge in [-0.15, -0.1) is 0 Å². The molecule has 0 fully saturated rings. The van der Waals surface area contributed by atoms with E-state index in [2.05, 4.69) is 4.98 Å². The van der Waals surface area contributed by atoms with Gasteiger partial charge in [0.05, 0.1) is 5.69 Å². The Hall–Kier alpha value is -3.00. The van der Waals surface area contributed by atoms with Crippen molar-refractivity contribution in [1.82, 2.24) is 4.98 Å². The number of allylic oxidation sites excluding steroid dienone is 1. The van der Waals surface area contributed by atoms with Crippen molar-refractivity contribution in [2.45, 2.75) is 20.8 Å². The molecule has 0 radical (unpaired) electrons. The highest BCUT2D eigenvalue weighted by Crippen LogP contribution is 2.22. The third-order valence-electron chi connectivity index (χ3n) is 3.56. The van der Waals surface area contributed by atoms with Crippen LogP contribution in [0, 0.1) is 31.0 Å². The molecule has 4 nitrogen and oxygen atoms in total. The van der Waals surface area contributed by atoms with E-state index in [1.54, 1.807) is 13.8 Å². The lowest BCUT2D eigenvalue weighted by atomic mass is 10.0. The van der Waals surface area contributed by atoms with E-state index in [1.807, 2.05) is 6.07 Å². The van der Waals surface area contributed by atoms with Gasteiger partial charge in [-0.1, -0.05) is 12.1 Å². The Labute approximate surface area is 133 Å². The van der Waals surface area contributed by atoms with Crippen LogP contribution < -0.4 is 0 Å². The highest BCUT2D eigenvalue weighted by atomic mass is 19.1. The number of carbonyl (C=O) groups excluding carboxylic acids is 2. The number of nitriles is 1. The second-order valence-electron chi connectivity index (χ2n) is 5.23. The molecule has 5 heteroatoms. The summed E-state index contributed by atoms with van der Waals surface area (Å²) < 4.78 is 12.9. The molecule has 0 unspecified atom stereocenters. The highest BCUT2D eigenvalue weighted by Gasteiger charge is 2.22. The van der Waals surface area contributed by atoms with Crippen LogP contribution in [0.5, 0.6) is 0 Å². The minimum Gasteiger partial charge on any atom is -0.355 e. The van der Waals surface area contributed by atoms with Gasteiger partial charge in [0.15, 0.2) is 5.78 Å². The molecule has 2 aromatic rings. The summed E-state index contributed by atoms with van der Waals surface area (Å²) >= 11 is 0. The van der Waals surface area contributed by atoms with Crippen LogP contribution in [0.25, 0.3) is 6.08 Å². The average molecular weight is 310 g/mol. The van der Waals surface area contributed by atoms with E-state index in [4.69, 9.17) is 0 Å². The number of aromatic nitrogens is 1. The molecule has 23 heavy (non-hydrogen) atoms. The molecule has 0 saturated carbocycles. The third-order valence-corrected chi connectivity index (χ3v) is 3.56. The van der Waals surface area contributed by atoms with E-state index in [1.165, 1.54) is 37.3 Å². The van der Waals surface area contributed by atoms with Gasteiger partial charge in [0, 0.05) is 11.3 Å². The summed E-state index contributed by atoms with van der Waals surface area (Å²) in [6.45, 7) is 4.80. The first-order valence-electron chi connectivity index (χ1n) is 6.97. The molecule has 0 saturated heterocycles. The Kier molecular flexibility index (Phi) is 4.56. The number of Topliss-reactive ketones (excluding diaryl/α,β-unsaturated/α-hetero) is 2. The van der Waals surface area contributed by atoms with Crippen LogP contribution in [0.3, 0.4) is 0 Å². The average Bonchev–Trinajstić information content (AvgIpc) is 2.81. The molecular weight excluding hydrogens is 295 g/mol. The second-order valence-corrected chi connectivity index (χ2v) is 5.23. The first kappa shape index (κ1) is 16.4. The zero-order chi connectivity index (χ0) is 17.1. The summed E-state index contributed by atoms with van der Waals surface area (Å²) in [5.41, 5.74) is 2.27. The quantitative estimate of drug-likeness (QED) is 0.531. The van der Waals surface area contributed by atoms with E-state index >= 15 is 0 Å². The zero-order valence-corrected chi connectivity index (χ0v) is 13.0. The number of carbonyl (C=O) groups is 2. The SMILES string of the molecule is CC(=O)c1c(C)[nH]c(C(=O)/C(C#N)=C/c2ccc(F)cc2)c1C. The Morgan fingerprint density at radius 2 is 1.83 bits per heavy atom. The minimum atomic E-state index is -0.495. The number of hydrogen-bond donors (Lipinski definition) is 1. The van der Waals surface area contributed by atoms with Crippen molar-refractivity contribution in [2.75, 3.05) is 0 Å². The van der Waals surface area contributed by atoms with E-state index in [0.29, 0.717) is 22.4 Å². The molecule has 1 aromatic carbocycles. The number of nitrogens with zero attached hydrogens (tertiary/aromatic N) is 1. The highest BCUT2D eigenvalue weighted by molar-refractivity contribution is 6.15. The number of H-pyrrole nitrogens is 1. The molecule has 1 N–H and O–H groups in total. The predicted molar refractivity (Wildman–Crippen MR) is 84.6 cm³/mol. The van der Waals surface area contributed by atoms with Gasteiger partial charge in [-0.3, -0.25) is 9.59 Å². The fraction of sp³-hybridized carbons (Fsp3) is 0.167. The maximum absolute atomic E-state index is 12.9. The van der Waals surface area contributed by atoms with Crippen molar-refractivity contribution in [3.05, 3.63) is 63.7 Å². The van der Waals surface area contributed by atoms with Crippen LogP contribution in [-0.2, 0) is 0 Å². The number of nitrogens with one attached hydrogen (secondary N) is 1. The summed E-state index contributed by atoms with van der Waals surface area (Å²) in [6, 6.07) is 7.33. The van der Waals surface area contributed by atoms with E-state index < -0.39 is 11.6 Å². The molecule has 1 aromatic heterocycles. The van der Waals surface area contributed by atoms with Gasteiger partial charge in [-0.25, -0.2) is 4.39 Å². The Bertz CT molecular complexity index is 852. The zero-order valence-electron chi connectivity index (χ0n) is 13.0. The molecule has 1 heterocycles. The summed E-state index contributed by atoms with van der Waals surface area (Å²) in [5, 5.41) is 9.26. The number of aromatic amines is 1. The van der Waals surface area contributed by atoms with Crippen LogP contribution >= 0.6 is 0 Å². The molecule has 0 aliphatic carbocycles. The van der Waals surface area contributed by atoms with Crippen LogP contribution in [0.4, 0.5) is 4.39 Å². The maximum Gasteiger partial charge on any atom is 0.219 e. The smallest absolute Gasteiger partial charge is 0.219 e. The van der Waals surface area contributed by atoms with Crippen molar-refractivity contribution >= 4 is 17.6 Å². The monoisotopic (exact) mass is 310 g/mol. The van der Waals surface area contributed by atoms with Gasteiger partial charge in [-0.05, 0) is 50.1 Å². The Balaban J connectivity index is 2.46. The summed E-state index contributed by atoms with van der Waals surface area (Å²) in [7, 11) is 0. The molecule has 0 aliphatic heterocycles. The van der Waals surface area contributed by atoms with Crippen LogP contribution in [0.1, 0.15) is 44.6 Å². The fourth-order valence-electron chi connectivity index (χ4n) is 2.51. The van der Waals surface area contributed by atoms with Gasteiger partial charge in [0.25, 0.3) is 0 Å². The molecule has 0 atom stereocenters. The van der Waals surface area contributed by atoms with Gasteiger partial charge in [0.2, 0.25) is 5.78 Å². The standard InChI is InChI=1S/C18H15FN2O2/c1-10-16(12(3)22)11(2)21-17(10)18(23)14(9-20)8-13-4-6-15(19)7-5-13/h4-8,21H,1-3H3/b14-8+. The van der Waals surface area contributed by atoms with Crippen LogP contribution in [0.15, 0.2) is 29.8 Å². The number of hydrogen-bond acceptors (Lipinski definition) is 3. The first-order chi connectivity index (χ1) is 10.8. The van der Waals surface area contributed by atoms with Crippen LogP contribution in [-0.4, -0.2) is 16.6 Å². The number of halogens is 1. The number of aryl methyl sites for hydroxylation is 1. The Morgan fingerprint density at radius 1 is 1.22 bits per heavy atom. The van der Waals surface area contributed by atoms with Crippen molar-refractivity contribution in [3.63, 3.8) is 0 Å². The minimum absolute atomic E-state index is 0.0870. The normalized spacial score (nSPS) is 11.2. The summed E-state index contributed by atoms with van der Waals surface area (Å²) in [6.07, 6.45) is 1.39. The lowest BCUT2D eigenvalue weighted by Crippen LogP contribution is -2.05. The lowest BCUT2D eigenvalue weighted by molar-refractivity contribution is 0.101. The second kappa shape index (κ2) is 6.41. The topological polar surface area (TPSA) is 73.7 Å². The molecule has 0 spiro atoms. The van der Waals surface area contributed by atoms with Crippen LogP contribution in [0.2, 0.25) is 0 Å². The van der Waals surface area contributed by atoms with E-state index in [0.717, 1.165) is 0 Å². The molecule has 2 rings (SSSR count). The molecule has 0 amide bonds. The number of rotatable bonds is 4. The van der Waals surface area contributed by atoms with Crippen molar-refractivity contribution in [1.29, 1.82) is 5.26 Å². The van der Waals surface area contributed by atoms with Gasteiger partial charge in [-0.2, -0.15) is 5.26 Å². The van der Waals surface area contributed by atoms with Crippen molar-refractivity contribution in [3.8, 4) is 6.07 Å². The largest absolute Gasteiger partial charge is 0.355 e. The first-order valence-corrected chi connectivity index (χ1v) is 6.97. The summed E-state index contributed by atoms with van der Waals surface area (Å²) in [5.74, 6) is -1.03. The number of benzene rings is 1. The molecule has 116 valence electrons. The van der Waals surface area contributed by atoms with Crippen molar-refractivity contribution < 1.29 is 14.0 Å². The predicted octanol–water partition coefficient (Wildman–Crippen LogP) is 3.76. The molecule has 0 aliphatic rings. The van der Waals surface area contributed by atoms with Crippen molar-refractivity contribution in [2.24, 2.45) is 0 Å². The fourth-order valence-corrected chi connectivity index (χ4v) is 2.51. The molecule has 0 bridgehead atoms. The van der Waals surface area contributed by atoms with Gasteiger partial charge < -0.3 is 4.98 Å². The lowest BCUT2D eigenvalue weighted by Gasteiger charge is -2.00. The Morgan fingerprint density at radius 3 is 2.30 bits per heavy atom. The molecular formula is C18H15FN2O2. The van der Waals surface area contributed by atoms with Gasteiger partial charge >= 0.3 is 0 Å². The third kappa shape index (κ3) is 3.27. The van der Waals surface area contributed by atoms with E-state index in [-0.39, 0.29) is 17.1 Å². The van der Waals surface area contributed by atoms with Gasteiger partial charge in [0.1, 0.15) is 17.5 Å². The summed E-state index contributed by atoms with van der Waals surface area (Å²) in [4.78, 5) is 27.1. The number of ketones is 2. The maximum atomic E-state index is 12.9.